The van der Waals surface area contributed by atoms with E-state index in [0.717, 1.165) is 16.9 Å². The summed E-state index contributed by atoms with van der Waals surface area (Å²) in [6, 6.07) is 4.83. The van der Waals surface area contributed by atoms with Gasteiger partial charge in [-0.3, -0.25) is 14.2 Å². The number of aromatic hydroxyl groups is 1. The zero-order valence-electron chi connectivity index (χ0n) is 15.6. The Hall–Kier alpha value is -3.20. The molecule has 0 aliphatic rings. The van der Waals surface area contributed by atoms with Crippen molar-refractivity contribution in [3.63, 3.8) is 0 Å². The van der Waals surface area contributed by atoms with Crippen LogP contribution in [-0.4, -0.2) is 33.1 Å². The van der Waals surface area contributed by atoms with Crippen LogP contribution in [0.2, 0.25) is 0 Å². The summed E-state index contributed by atoms with van der Waals surface area (Å²) in [5.74, 6) is -1.04. The molecule has 2 N–H and O–H groups in total. The number of thiophene rings is 1. The Bertz CT molecular complexity index is 1130. The number of amides is 1. The molecule has 2 aromatic heterocycles. The molecule has 9 heteroatoms. The summed E-state index contributed by atoms with van der Waals surface area (Å²) in [4.78, 5) is 42.1. The van der Waals surface area contributed by atoms with Gasteiger partial charge in [-0.1, -0.05) is 6.07 Å². The van der Waals surface area contributed by atoms with E-state index in [-0.39, 0.29) is 24.6 Å². The zero-order valence-corrected chi connectivity index (χ0v) is 16.4. The van der Waals surface area contributed by atoms with Crippen molar-refractivity contribution in [1.82, 2.24) is 9.55 Å². The van der Waals surface area contributed by atoms with Crippen LogP contribution >= 0.6 is 11.3 Å². The van der Waals surface area contributed by atoms with Gasteiger partial charge in [0.25, 0.3) is 5.56 Å². The van der Waals surface area contributed by atoms with E-state index in [2.05, 4.69) is 10.3 Å². The first-order valence-electron chi connectivity index (χ1n) is 8.57. The molecule has 0 fully saturated rings. The summed E-state index contributed by atoms with van der Waals surface area (Å²) < 4.78 is 6.17. The van der Waals surface area contributed by atoms with Crippen molar-refractivity contribution in [2.24, 2.45) is 0 Å². The maximum Gasteiger partial charge on any atom is 0.348 e. The third-order valence-corrected chi connectivity index (χ3v) is 5.30. The summed E-state index contributed by atoms with van der Waals surface area (Å²) in [6.07, 6.45) is 1.27. The van der Waals surface area contributed by atoms with Gasteiger partial charge in [0.1, 0.15) is 22.0 Å². The molecule has 0 radical (unpaired) electrons. The highest BCUT2D eigenvalue weighted by atomic mass is 32.1. The van der Waals surface area contributed by atoms with Crippen LogP contribution in [0.4, 0.5) is 5.69 Å². The molecule has 1 aromatic carbocycles. The minimum atomic E-state index is -0.499. The Morgan fingerprint density at radius 2 is 2.07 bits per heavy atom. The normalized spacial score (nSPS) is 10.8. The van der Waals surface area contributed by atoms with Crippen molar-refractivity contribution >= 4 is 39.1 Å². The van der Waals surface area contributed by atoms with Gasteiger partial charge in [-0.25, -0.2) is 9.78 Å². The van der Waals surface area contributed by atoms with Crippen molar-refractivity contribution in [3.05, 3.63) is 50.9 Å². The summed E-state index contributed by atoms with van der Waals surface area (Å²) in [7, 11) is 0. The molecule has 28 heavy (non-hydrogen) atoms. The van der Waals surface area contributed by atoms with Gasteiger partial charge in [0.05, 0.1) is 24.0 Å². The molecule has 0 aliphatic carbocycles. The van der Waals surface area contributed by atoms with Crippen molar-refractivity contribution in [1.29, 1.82) is 0 Å². The molecule has 146 valence electrons. The molecule has 1 amide bonds. The highest BCUT2D eigenvalue weighted by molar-refractivity contribution is 7.20. The average Bonchev–Trinajstić information content (AvgIpc) is 2.98. The number of phenols is 1. The lowest BCUT2D eigenvalue weighted by atomic mass is 10.2. The molecule has 8 nitrogen and oxygen atoms in total. The number of nitrogens with one attached hydrogen (secondary N) is 1. The van der Waals surface area contributed by atoms with E-state index < -0.39 is 17.4 Å². The Kier molecular flexibility index (Phi) is 5.46. The van der Waals surface area contributed by atoms with Gasteiger partial charge in [-0.2, -0.15) is 0 Å². The van der Waals surface area contributed by atoms with Crippen LogP contribution < -0.4 is 10.9 Å². The highest BCUT2D eigenvalue weighted by Crippen LogP contribution is 2.27. The van der Waals surface area contributed by atoms with E-state index in [1.54, 1.807) is 26.0 Å². The van der Waals surface area contributed by atoms with Crippen LogP contribution in [0.5, 0.6) is 5.75 Å². The van der Waals surface area contributed by atoms with Crippen LogP contribution in [0.1, 0.15) is 27.7 Å². The first-order chi connectivity index (χ1) is 13.3. The fourth-order valence-electron chi connectivity index (χ4n) is 2.76. The lowest BCUT2D eigenvalue weighted by Gasteiger charge is -2.09. The number of carbonyl (C=O) groups is 2. The molecule has 0 aliphatic heterocycles. The Labute approximate surface area is 164 Å². The molecule has 2 heterocycles. The van der Waals surface area contributed by atoms with Crippen LogP contribution in [0.15, 0.2) is 29.3 Å². The summed E-state index contributed by atoms with van der Waals surface area (Å²) in [5.41, 5.74) is 1.21. The molecule has 0 saturated carbocycles. The monoisotopic (exact) mass is 401 g/mol. The topological polar surface area (TPSA) is 111 Å². The maximum absolute atomic E-state index is 12.8. The van der Waals surface area contributed by atoms with Crippen molar-refractivity contribution in [2.75, 3.05) is 11.9 Å². The van der Waals surface area contributed by atoms with Crippen LogP contribution in [0.3, 0.4) is 0 Å². The SMILES string of the molecule is CCOC(=O)c1sc2ncn(CC(=O)Nc3cc(C)ccc3O)c(=O)c2c1C. The number of fused-ring (bicyclic) bond motifs is 1. The predicted octanol–water partition coefficient (Wildman–Crippen LogP) is 2.60. The molecule has 0 bridgehead atoms. The number of hydrogen-bond donors (Lipinski definition) is 2. The number of nitrogens with zero attached hydrogens (tertiary/aromatic N) is 2. The third-order valence-electron chi connectivity index (χ3n) is 4.12. The van der Waals surface area contributed by atoms with Crippen LogP contribution in [0.25, 0.3) is 10.2 Å². The van der Waals surface area contributed by atoms with E-state index in [1.807, 2.05) is 6.92 Å². The Balaban J connectivity index is 1.89. The average molecular weight is 401 g/mol. The zero-order chi connectivity index (χ0) is 20.4. The third kappa shape index (κ3) is 3.74. The Morgan fingerprint density at radius 1 is 1.32 bits per heavy atom. The number of rotatable bonds is 5. The Morgan fingerprint density at radius 3 is 2.79 bits per heavy atom. The first-order valence-corrected chi connectivity index (χ1v) is 9.38. The number of aromatic nitrogens is 2. The van der Waals surface area contributed by atoms with Gasteiger partial charge in [-0.15, -0.1) is 11.3 Å². The van der Waals surface area contributed by atoms with Crippen LogP contribution in [0, 0.1) is 13.8 Å². The number of benzene rings is 1. The van der Waals surface area contributed by atoms with Crippen molar-refractivity contribution in [3.8, 4) is 5.75 Å². The van der Waals surface area contributed by atoms with Gasteiger partial charge in [-0.05, 0) is 44.0 Å². The van der Waals surface area contributed by atoms with Crippen molar-refractivity contribution < 1.29 is 19.4 Å². The predicted molar refractivity (Wildman–Crippen MR) is 106 cm³/mol. The number of esters is 1. The molecule has 0 spiro atoms. The van der Waals surface area contributed by atoms with E-state index in [4.69, 9.17) is 4.74 Å². The molecule has 0 unspecified atom stereocenters. The van der Waals surface area contributed by atoms with Crippen LogP contribution in [-0.2, 0) is 16.1 Å². The first kappa shape index (κ1) is 19.6. The summed E-state index contributed by atoms with van der Waals surface area (Å²) in [5, 5.41) is 12.7. The fourth-order valence-corrected chi connectivity index (χ4v) is 3.79. The smallest absolute Gasteiger partial charge is 0.348 e. The number of aryl methyl sites for hydroxylation is 2. The van der Waals surface area contributed by atoms with E-state index >= 15 is 0 Å². The minimum Gasteiger partial charge on any atom is -0.506 e. The number of phenolic OH excluding ortho intramolecular Hbond substituents is 1. The van der Waals surface area contributed by atoms with Gasteiger partial charge in [0.15, 0.2) is 0 Å². The second-order valence-electron chi connectivity index (χ2n) is 6.20. The molecule has 3 rings (SSSR count). The standard InChI is InChI=1S/C19H19N3O5S/c1-4-27-19(26)16-11(3)15-17(28-16)20-9-22(18(15)25)8-14(24)21-12-7-10(2)5-6-13(12)23/h5-7,9,23H,4,8H2,1-3H3,(H,21,24). The molecule has 3 aromatic rings. The van der Waals surface area contributed by atoms with E-state index in [0.29, 0.717) is 20.7 Å². The van der Waals surface area contributed by atoms with Crippen molar-refractivity contribution in [2.45, 2.75) is 27.3 Å². The maximum atomic E-state index is 12.8. The number of carbonyl (C=O) groups excluding carboxylic acids is 2. The number of hydrogen-bond acceptors (Lipinski definition) is 7. The minimum absolute atomic E-state index is 0.0624. The number of anilines is 1. The molecular formula is C19H19N3O5S. The van der Waals surface area contributed by atoms with E-state index in [9.17, 15) is 19.5 Å². The largest absolute Gasteiger partial charge is 0.506 e. The van der Waals surface area contributed by atoms with Gasteiger partial charge in [0.2, 0.25) is 5.91 Å². The number of ether oxygens (including phenoxy) is 1. The molecule has 0 atom stereocenters. The second kappa shape index (κ2) is 7.81. The molecular weight excluding hydrogens is 382 g/mol. The lowest BCUT2D eigenvalue weighted by Crippen LogP contribution is -2.28. The second-order valence-corrected chi connectivity index (χ2v) is 7.20. The summed E-state index contributed by atoms with van der Waals surface area (Å²) in [6.45, 7) is 5.15. The fraction of sp³-hybridized carbons (Fsp3) is 0.263. The quantitative estimate of drug-likeness (QED) is 0.502. The van der Waals surface area contributed by atoms with Gasteiger partial charge < -0.3 is 15.2 Å². The molecule has 0 saturated heterocycles. The van der Waals surface area contributed by atoms with E-state index in [1.165, 1.54) is 17.0 Å². The highest BCUT2D eigenvalue weighted by Gasteiger charge is 2.21. The van der Waals surface area contributed by atoms with Gasteiger partial charge in [0, 0.05) is 0 Å². The van der Waals surface area contributed by atoms with Gasteiger partial charge >= 0.3 is 5.97 Å². The lowest BCUT2D eigenvalue weighted by molar-refractivity contribution is -0.116. The summed E-state index contributed by atoms with van der Waals surface area (Å²) >= 11 is 1.09.